The van der Waals surface area contributed by atoms with E-state index in [1.807, 2.05) is 0 Å². The minimum atomic E-state index is 0.00167. The van der Waals surface area contributed by atoms with E-state index in [0.717, 1.165) is 38.3 Å². The lowest BCUT2D eigenvalue weighted by atomic mass is 9.77. The van der Waals surface area contributed by atoms with Gasteiger partial charge < -0.3 is 16.2 Å². The minimum Gasteiger partial charge on any atom is -0.394 e. The fourth-order valence-electron chi connectivity index (χ4n) is 2.16. The van der Waals surface area contributed by atoms with Crippen LogP contribution in [0.15, 0.2) is 0 Å². The molecular formula is C11H24N2O. The summed E-state index contributed by atoms with van der Waals surface area (Å²) in [5.41, 5.74) is 5.45. The zero-order valence-electron chi connectivity index (χ0n) is 9.26. The number of aliphatic hydroxyl groups excluding tert-OH is 1. The summed E-state index contributed by atoms with van der Waals surface area (Å²) in [5.74, 6) is 0.825. The summed E-state index contributed by atoms with van der Waals surface area (Å²) >= 11 is 0. The standard InChI is InChI=1S/C11H24N2O/c1-10-3-5-11(9-14,6-4-10)13-8-2-7-12/h10,13-14H,2-9,12H2,1H3. The van der Waals surface area contributed by atoms with Crippen LogP contribution in [0.25, 0.3) is 0 Å². The monoisotopic (exact) mass is 200 g/mol. The van der Waals surface area contributed by atoms with Gasteiger partial charge in [0.2, 0.25) is 0 Å². The molecule has 3 nitrogen and oxygen atoms in total. The minimum absolute atomic E-state index is 0.00167. The van der Waals surface area contributed by atoms with Gasteiger partial charge in [0.1, 0.15) is 0 Å². The normalized spacial score (nSPS) is 33.2. The second-order valence-electron chi connectivity index (χ2n) is 4.69. The Morgan fingerprint density at radius 2 is 2.07 bits per heavy atom. The van der Waals surface area contributed by atoms with Crippen LogP contribution in [0.2, 0.25) is 0 Å². The van der Waals surface area contributed by atoms with E-state index in [0.29, 0.717) is 0 Å². The Morgan fingerprint density at radius 1 is 1.43 bits per heavy atom. The maximum atomic E-state index is 9.43. The van der Waals surface area contributed by atoms with E-state index in [9.17, 15) is 5.11 Å². The number of hydrogen-bond acceptors (Lipinski definition) is 3. The third-order valence-electron chi connectivity index (χ3n) is 3.41. The molecule has 1 fully saturated rings. The van der Waals surface area contributed by atoms with Crippen LogP contribution in [0.3, 0.4) is 0 Å². The van der Waals surface area contributed by atoms with Crippen molar-refractivity contribution in [2.24, 2.45) is 11.7 Å². The highest BCUT2D eigenvalue weighted by molar-refractivity contribution is 4.91. The molecule has 14 heavy (non-hydrogen) atoms. The van der Waals surface area contributed by atoms with Crippen LogP contribution in [0, 0.1) is 5.92 Å². The highest BCUT2D eigenvalue weighted by atomic mass is 16.3. The quantitative estimate of drug-likeness (QED) is 0.577. The van der Waals surface area contributed by atoms with Gasteiger partial charge in [0.05, 0.1) is 6.61 Å². The van der Waals surface area contributed by atoms with Crippen molar-refractivity contribution in [2.45, 2.75) is 44.6 Å². The van der Waals surface area contributed by atoms with E-state index in [1.165, 1.54) is 12.8 Å². The molecule has 0 aromatic carbocycles. The molecule has 4 N–H and O–H groups in total. The van der Waals surface area contributed by atoms with Gasteiger partial charge in [0.15, 0.2) is 0 Å². The Balaban J connectivity index is 2.34. The predicted octanol–water partition coefficient (Wildman–Crippen LogP) is 0.866. The zero-order chi connectivity index (χ0) is 10.4. The van der Waals surface area contributed by atoms with Crippen molar-refractivity contribution in [3.05, 3.63) is 0 Å². The summed E-state index contributed by atoms with van der Waals surface area (Å²) in [4.78, 5) is 0. The van der Waals surface area contributed by atoms with Gasteiger partial charge in [-0.1, -0.05) is 6.92 Å². The Labute approximate surface area is 87.1 Å². The molecule has 0 atom stereocenters. The van der Waals surface area contributed by atoms with Crippen molar-refractivity contribution in [1.29, 1.82) is 0 Å². The molecule has 0 unspecified atom stereocenters. The molecule has 0 heterocycles. The Hall–Kier alpha value is -0.120. The third kappa shape index (κ3) is 3.23. The van der Waals surface area contributed by atoms with Crippen LogP contribution < -0.4 is 11.1 Å². The van der Waals surface area contributed by atoms with Crippen molar-refractivity contribution >= 4 is 0 Å². The van der Waals surface area contributed by atoms with Crippen molar-refractivity contribution in [3.63, 3.8) is 0 Å². The van der Waals surface area contributed by atoms with Crippen LogP contribution in [0.5, 0.6) is 0 Å². The molecule has 0 amide bonds. The van der Waals surface area contributed by atoms with Crippen LogP contribution in [0.4, 0.5) is 0 Å². The van der Waals surface area contributed by atoms with Gasteiger partial charge in [0, 0.05) is 5.54 Å². The van der Waals surface area contributed by atoms with Gasteiger partial charge in [0.25, 0.3) is 0 Å². The average molecular weight is 200 g/mol. The van der Waals surface area contributed by atoms with E-state index in [1.54, 1.807) is 0 Å². The van der Waals surface area contributed by atoms with Gasteiger partial charge in [-0.2, -0.15) is 0 Å². The molecule has 0 spiro atoms. The molecule has 84 valence electrons. The molecule has 0 aliphatic heterocycles. The smallest absolute Gasteiger partial charge is 0.0613 e. The molecular weight excluding hydrogens is 176 g/mol. The summed E-state index contributed by atoms with van der Waals surface area (Å²) < 4.78 is 0. The average Bonchev–Trinajstić information content (AvgIpc) is 2.22. The van der Waals surface area contributed by atoms with Crippen LogP contribution in [-0.2, 0) is 0 Å². The highest BCUT2D eigenvalue weighted by Crippen LogP contribution is 2.31. The van der Waals surface area contributed by atoms with Crippen LogP contribution in [0.1, 0.15) is 39.0 Å². The lowest BCUT2D eigenvalue weighted by Crippen LogP contribution is -2.51. The fourth-order valence-corrected chi connectivity index (χ4v) is 2.16. The Morgan fingerprint density at radius 3 is 2.57 bits per heavy atom. The summed E-state index contributed by atoms with van der Waals surface area (Å²) in [6.45, 7) is 4.22. The van der Waals surface area contributed by atoms with Crippen molar-refractivity contribution in [2.75, 3.05) is 19.7 Å². The summed E-state index contributed by atoms with van der Waals surface area (Å²) in [6.07, 6.45) is 5.67. The molecule has 0 aromatic rings. The van der Waals surface area contributed by atoms with Crippen molar-refractivity contribution in [1.82, 2.24) is 5.32 Å². The van der Waals surface area contributed by atoms with Gasteiger partial charge in [-0.25, -0.2) is 0 Å². The molecule has 0 radical (unpaired) electrons. The first-order valence-corrected chi connectivity index (χ1v) is 5.78. The van der Waals surface area contributed by atoms with E-state index in [2.05, 4.69) is 12.2 Å². The number of nitrogens with two attached hydrogens (primary N) is 1. The molecule has 1 aliphatic rings. The van der Waals surface area contributed by atoms with Gasteiger partial charge in [-0.05, 0) is 51.1 Å². The number of rotatable bonds is 5. The number of nitrogens with one attached hydrogen (secondary N) is 1. The molecule has 1 saturated carbocycles. The highest BCUT2D eigenvalue weighted by Gasteiger charge is 2.32. The van der Waals surface area contributed by atoms with Gasteiger partial charge in [-0.3, -0.25) is 0 Å². The first kappa shape index (κ1) is 12.0. The fraction of sp³-hybridized carbons (Fsp3) is 1.00. The summed E-state index contributed by atoms with van der Waals surface area (Å²) in [7, 11) is 0. The third-order valence-corrected chi connectivity index (χ3v) is 3.41. The summed E-state index contributed by atoms with van der Waals surface area (Å²) in [6, 6.07) is 0. The van der Waals surface area contributed by atoms with E-state index in [4.69, 9.17) is 5.73 Å². The zero-order valence-corrected chi connectivity index (χ0v) is 9.26. The van der Waals surface area contributed by atoms with E-state index in [-0.39, 0.29) is 12.1 Å². The lowest BCUT2D eigenvalue weighted by molar-refractivity contribution is 0.106. The van der Waals surface area contributed by atoms with Crippen molar-refractivity contribution < 1.29 is 5.11 Å². The largest absolute Gasteiger partial charge is 0.394 e. The SMILES string of the molecule is CC1CCC(CO)(NCCCN)CC1. The lowest BCUT2D eigenvalue weighted by Gasteiger charge is -2.39. The second-order valence-corrected chi connectivity index (χ2v) is 4.69. The number of aliphatic hydroxyl groups is 1. The molecule has 0 saturated heterocycles. The molecule has 0 aromatic heterocycles. The van der Waals surface area contributed by atoms with E-state index < -0.39 is 0 Å². The molecule has 3 heteroatoms. The van der Waals surface area contributed by atoms with Crippen molar-refractivity contribution in [3.8, 4) is 0 Å². The maximum absolute atomic E-state index is 9.43. The predicted molar refractivity (Wildman–Crippen MR) is 59.1 cm³/mol. The second kappa shape index (κ2) is 5.69. The van der Waals surface area contributed by atoms with Crippen LogP contribution in [-0.4, -0.2) is 30.3 Å². The van der Waals surface area contributed by atoms with Gasteiger partial charge >= 0.3 is 0 Å². The first-order valence-electron chi connectivity index (χ1n) is 5.78. The Kier molecular flexibility index (Phi) is 4.85. The number of hydrogen-bond donors (Lipinski definition) is 3. The van der Waals surface area contributed by atoms with Crippen LogP contribution >= 0.6 is 0 Å². The molecule has 1 aliphatic carbocycles. The first-order chi connectivity index (χ1) is 6.72. The topological polar surface area (TPSA) is 58.3 Å². The molecule has 1 rings (SSSR count). The summed E-state index contributed by atoms with van der Waals surface area (Å²) in [5, 5.41) is 12.9. The Bertz CT molecular complexity index is 153. The van der Waals surface area contributed by atoms with Gasteiger partial charge in [-0.15, -0.1) is 0 Å². The van der Waals surface area contributed by atoms with E-state index >= 15 is 0 Å². The molecule has 0 bridgehead atoms. The maximum Gasteiger partial charge on any atom is 0.0613 e.